The third kappa shape index (κ3) is 2.66. The van der Waals surface area contributed by atoms with Crippen molar-refractivity contribution in [1.29, 1.82) is 0 Å². The maximum Gasteiger partial charge on any atom is 0.416 e. The van der Waals surface area contributed by atoms with Gasteiger partial charge in [-0.1, -0.05) is 19.1 Å². The predicted molar refractivity (Wildman–Crippen MR) is 64.5 cm³/mol. The number of benzene rings is 1. The summed E-state index contributed by atoms with van der Waals surface area (Å²) in [5.41, 5.74) is 0.205. The van der Waals surface area contributed by atoms with Gasteiger partial charge in [-0.05, 0) is 17.7 Å². The number of aromatic nitrogens is 2. The number of carboxylic acids is 1. The summed E-state index contributed by atoms with van der Waals surface area (Å²) in [6.07, 6.45) is -3.21. The van der Waals surface area contributed by atoms with Crippen LogP contribution < -0.4 is 0 Å². The fourth-order valence-corrected chi connectivity index (χ4v) is 1.92. The van der Waals surface area contributed by atoms with Crippen LogP contribution in [0, 0.1) is 0 Å². The second-order valence-corrected chi connectivity index (χ2v) is 4.34. The number of rotatable bonds is 3. The van der Waals surface area contributed by atoms with Crippen LogP contribution in [0.3, 0.4) is 0 Å². The highest BCUT2D eigenvalue weighted by Crippen LogP contribution is 2.31. The first-order chi connectivity index (χ1) is 9.30. The number of H-pyrrole nitrogens is 1. The Morgan fingerprint density at radius 3 is 2.40 bits per heavy atom. The molecule has 1 unspecified atom stereocenters. The van der Waals surface area contributed by atoms with E-state index in [0.717, 1.165) is 12.1 Å². The van der Waals surface area contributed by atoms with Crippen molar-refractivity contribution < 1.29 is 23.1 Å². The minimum absolute atomic E-state index is 0.0115. The van der Waals surface area contributed by atoms with E-state index in [1.54, 1.807) is 6.92 Å². The molecule has 1 aromatic carbocycles. The lowest BCUT2D eigenvalue weighted by Gasteiger charge is -2.13. The van der Waals surface area contributed by atoms with Gasteiger partial charge in [0.1, 0.15) is 5.56 Å². The number of halogens is 3. The van der Waals surface area contributed by atoms with E-state index < -0.39 is 23.6 Å². The summed E-state index contributed by atoms with van der Waals surface area (Å²) >= 11 is 0. The molecule has 0 bridgehead atoms. The molecule has 2 rings (SSSR count). The first kappa shape index (κ1) is 14.1. The number of nitrogens with zero attached hydrogens (tertiary/aromatic N) is 1. The van der Waals surface area contributed by atoms with E-state index in [4.69, 9.17) is 5.11 Å². The Bertz CT molecular complexity index is 617. The molecule has 0 radical (unpaired) electrons. The highest BCUT2D eigenvalue weighted by atomic mass is 19.4. The Balaban J connectivity index is 2.32. The maximum atomic E-state index is 12.5. The van der Waals surface area contributed by atoms with Crippen molar-refractivity contribution in [3.63, 3.8) is 0 Å². The van der Waals surface area contributed by atoms with Crippen LogP contribution in [-0.2, 0) is 6.18 Å². The summed E-state index contributed by atoms with van der Waals surface area (Å²) in [7, 11) is 0. The Morgan fingerprint density at radius 1 is 1.30 bits per heavy atom. The van der Waals surface area contributed by atoms with Gasteiger partial charge in [0.2, 0.25) is 0 Å². The largest absolute Gasteiger partial charge is 0.478 e. The molecule has 0 saturated heterocycles. The summed E-state index contributed by atoms with van der Waals surface area (Å²) in [6.45, 7) is 1.70. The predicted octanol–water partition coefficient (Wildman–Crippen LogP) is 3.28. The van der Waals surface area contributed by atoms with Gasteiger partial charge in [-0.2, -0.15) is 18.3 Å². The molecule has 7 heteroatoms. The van der Waals surface area contributed by atoms with Gasteiger partial charge in [0.15, 0.2) is 0 Å². The number of aromatic carboxylic acids is 1. The maximum absolute atomic E-state index is 12.5. The van der Waals surface area contributed by atoms with Gasteiger partial charge >= 0.3 is 12.1 Å². The van der Waals surface area contributed by atoms with Gasteiger partial charge in [0.05, 0.1) is 17.5 Å². The Labute approximate surface area is 112 Å². The molecule has 0 fully saturated rings. The lowest BCUT2D eigenvalue weighted by atomic mass is 9.94. The molecule has 1 heterocycles. The van der Waals surface area contributed by atoms with Crippen molar-refractivity contribution in [2.24, 2.45) is 0 Å². The first-order valence-corrected chi connectivity index (χ1v) is 5.74. The number of nitrogens with one attached hydrogen (secondary N) is 1. The Morgan fingerprint density at radius 2 is 1.90 bits per heavy atom. The van der Waals surface area contributed by atoms with Crippen molar-refractivity contribution >= 4 is 5.97 Å². The van der Waals surface area contributed by atoms with Gasteiger partial charge in [-0.15, -0.1) is 0 Å². The molecular formula is C13H11F3N2O2. The molecule has 2 N–H and O–H groups in total. The molecule has 1 atom stereocenters. The monoisotopic (exact) mass is 284 g/mol. The topological polar surface area (TPSA) is 66.0 Å². The van der Waals surface area contributed by atoms with Crippen LogP contribution in [-0.4, -0.2) is 21.3 Å². The molecule has 0 aliphatic rings. The third-order valence-corrected chi connectivity index (χ3v) is 3.07. The van der Waals surface area contributed by atoms with Gasteiger partial charge < -0.3 is 5.11 Å². The van der Waals surface area contributed by atoms with Gasteiger partial charge in [0, 0.05) is 5.92 Å². The van der Waals surface area contributed by atoms with E-state index in [1.807, 2.05) is 0 Å². The molecule has 106 valence electrons. The molecule has 0 aliphatic heterocycles. The molecule has 0 spiro atoms. The zero-order valence-electron chi connectivity index (χ0n) is 10.4. The minimum atomic E-state index is -4.39. The Kier molecular flexibility index (Phi) is 3.52. The zero-order valence-corrected chi connectivity index (χ0v) is 10.4. The van der Waals surface area contributed by atoms with Crippen LogP contribution >= 0.6 is 0 Å². The number of carbonyl (C=O) groups is 1. The smallest absolute Gasteiger partial charge is 0.416 e. The van der Waals surface area contributed by atoms with Crippen molar-refractivity contribution in [2.75, 3.05) is 0 Å². The summed E-state index contributed by atoms with van der Waals surface area (Å²) in [4.78, 5) is 11.0. The van der Waals surface area contributed by atoms with Crippen molar-refractivity contribution in [3.8, 4) is 0 Å². The normalized spacial score (nSPS) is 13.2. The second kappa shape index (κ2) is 4.99. The molecule has 4 nitrogen and oxygen atoms in total. The number of alkyl halides is 3. The summed E-state index contributed by atoms with van der Waals surface area (Å²) in [5.74, 6) is -1.53. The van der Waals surface area contributed by atoms with Crippen molar-refractivity contribution in [3.05, 3.63) is 52.8 Å². The fraction of sp³-hybridized carbons (Fsp3) is 0.231. The van der Waals surface area contributed by atoms with Crippen LogP contribution in [0.15, 0.2) is 30.5 Å². The first-order valence-electron chi connectivity index (χ1n) is 5.74. The van der Waals surface area contributed by atoms with E-state index >= 15 is 0 Å². The summed E-state index contributed by atoms with van der Waals surface area (Å²) in [5, 5.41) is 15.2. The zero-order chi connectivity index (χ0) is 14.9. The van der Waals surface area contributed by atoms with Gasteiger partial charge in [-0.3, -0.25) is 5.10 Å². The van der Waals surface area contributed by atoms with Crippen molar-refractivity contribution in [2.45, 2.75) is 19.0 Å². The standard InChI is InChI=1S/C13H11F3N2O2/c1-7(11-10(12(19)20)6-17-18-11)8-2-4-9(5-3-8)13(14,15)16/h2-7H,1H3,(H,17,18)(H,19,20). The van der Waals surface area contributed by atoms with Crippen LogP contribution in [0.4, 0.5) is 13.2 Å². The van der Waals surface area contributed by atoms with Gasteiger partial charge in [-0.25, -0.2) is 4.79 Å². The molecule has 2 aromatic rings. The van der Waals surface area contributed by atoms with Crippen molar-refractivity contribution in [1.82, 2.24) is 10.2 Å². The van der Waals surface area contributed by atoms with E-state index in [0.29, 0.717) is 11.3 Å². The number of aromatic amines is 1. The average molecular weight is 284 g/mol. The molecule has 1 aromatic heterocycles. The summed E-state index contributed by atoms with van der Waals surface area (Å²) in [6, 6.07) is 4.62. The molecule has 0 amide bonds. The summed E-state index contributed by atoms with van der Waals surface area (Å²) < 4.78 is 37.4. The van der Waals surface area contributed by atoms with Crippen LogP contribution in [0.5, 0.6) is 0 Å². The highest BCUT2D eigenvalue weighted by Gasteiger charge is 2.30. The molecule has 0 saturated carbocycles. The van der Waals surface area contributed by atoms with E-state index in [1.165, 1.54) is 18.3 Å². The molecular weight excluding hydrogens is 273 g/mol. The fourth-order valence-electron chi connectivity index (χ4n) is 1.92. The minimum Gasteiger partial charge on any atom is -0.478 e. The third-order valence-electron chi connectivity index (χ3n) is 3.07. The molecule has 0 aliphatic carbocycles. The second-order valence-electron chi connectivity index (χ2n) is 4.34. The quantitative estimate of drug-likeness (QED) is 0.909. The van der Waals surface area contributed by atoms with Crippen LogP contribution in [0.25, 0.3) is 0 Å². The number of carboxylic acid groups (broad SMARTS) is 1. The van der Waals surface area contributed by atoms with E-state index in [2.05, 4.69) is 10.2 Å². The van der Waals surface area contributed by atoms with E-state index in [9.17, 15) is 18.0 Å². The lowest BCUT2D eigenvalue weighted by molar-refractivity contribution is -0.137. The highest BCUT2D eigenvalue weighted by molar-refractivity contribution is 5.88. The van der Waals surface area contributed by atoms with Gasteiger partial charge in [0.25, 0.3) is 0 Å². The SMILES string of the molecule is CC(c1ccc(C(F)(F)F)cc1)c1[nH]ncc1C(=O)O. The Hall–Kier alpha value is -2.31. The number of hydrogen-bond acceptors (Lipinski definition) is 2. The van der Waals surface area contributed by atoms with E-state index in [-0.39, 0.29) is 5.56 Å². The number of hydrogen-bond donors (Lipinski definition) is 2. The van der Waals surface area contributed by atoms with Crippen LogP contribution in [0.1, 0.15) is 40.0 Å². The van der Waals surface area contributed by atoms with Crippen LogP contribution in [0.2, 0.25) is 0 Å². The lowest BCUT2D eigenvalue weighted by Crippen LogP contribution is -2.07. The average Bonchev–Trinajstić information content (AvgIpc) is 2.86. The molecule has 20 heavy (non-hydrogen) atoms.